The van der Waals surface area contributed by atoms with Crippen molar-refractivity contribution < 1.29 is 0 Å². The Labute approximate surface area is 260 Å². The fourth-order valence-electron chi connectivity index (χ4n) is 8.55. The van der Waals surface area contributed by atoms with E-state index in [4.69, 9.17) is 0 Å². The van der Waals surface area contributed by atoms with Crippen molar-refractivity contribution in [3.05, 3.63) is 117 Å². The van der Waals surface area contributed by atoms with Crippen LogP contribution >= 0.6 is 0 Å². The van der Waals surface area contributed by atoms with Crippen LogP contribution in [0.4, 0.5) is 22.7 Å². The Hall–Kier alpha value is -3.52. The van der Waals surface area contributed by atoms with Gasteiger partial charge in [-0.05, 0) is 167 Å². The topological polar surface area (TPSA) is 6.48 Å². The number of fused-ring (bicyclic) bond motifs is 2. The first kappa shape index (κ1) is 29.5. The van der Waals surface area contributed by atoms with Crippen LogP contribution in [0.5, 0.6) is 0 Å². The van der Waals surface area contributed by atoms with Gasteiger partial charge in [-0.1, -0.05) is 50.2 Å². The average Bonchev–Trinajstić information content (AvgIpc) is 2.87. The fourth-order valence-corrected chi connectivity index (χ4v) is 8.55. The lowest BCUT2D eigenvalue weighted by molar-refractivity contribution is 0.408. The Morgan fingerprint density at radius 1 is 0.535 bits per heavy atom. The van der Waals surface area contributed by atoms with Crippen LogP contribution in [0.25, 0.3) is 0 Å². The summed E-state index contributed by atoms with van der Waals surface area (Å²) >= 11 is 0. The standard InChI is InChI=1S/C41H50N2/c1-26-15-27(2)18-34(17-26)42-38-13-11-32(22-36(38)30(5)24-40(42,7)8)21-33-12-14-39-37(23-33)31(6)25-41(9,10)43(39)35-19-28(3)16-29(4)20-35/h11-20,22-23,30-31H,21,24-25H2,1-10H3. The van der Waals surface area contributed by atoms with E-state index in [1.165, 1.54) is 67.3 Å². The monoisotopic (exact) mass is 570 g/mol. The smallest absolute Gasteiger partial charge is 0.0451 e. The zero-order valence-electron chi connectivity index (χ0n) is 28.1. The first-order valence-electron chi connectivity index (χ1n) is 16.2. The molecule has 0 fully saturated rings. The number of nitrogens with zero attached hydrogens (tertiary/aromatic N) is 2. The Balaban J connectivity index is 1.35. The molecule has 4 aromatic rings. The molecule has 2 nitrogen and oxygen atoms in total. The molecule has 2 atom stereocenters. The normalized spacial score (nSPS) is 20.5. The summed E-state index contributed by atoms with van der Waals surface area (Å²) in [6.07, 6.45) is 3.23. The molecule has 2 heteroatoms. The van der Waals surface area contributed by atoms with Crippen molar-refractivity contribution >= 4 is 22.7 Å². The number of rotatable bonds is 4. The summed E-state index contributed by atoms with van der Waals surface area (Å²) in [5.74, 6) is 1.04. The van der Waals surface area contributed by atoms with Crippen molar-refractivity contribution in [3.8, 4) is 0 Å². The van der Waals surface area contributed by atoms with Crippen LogP contribution in [0.2, 0.25) is 0 Å². The highest BCUT2D eigenvalue weighted by Gasteiger charge is 2.39. The SMILES string of the molecule is Cc1cc(C)cc(N2c3ccc(Cc4ccc5c(c4)C(C)CC(C)(C)N5c4cc(C)cc(C)c4)cc3C(C)CC2(C)C)c1. The summed E-state index contributed by atoms with van der Waals surface area (Å²) in [6, 6.07) is 28.5. The van der Waals surface area contributed by atoms with Crippen LogP contribution in [0, 0.1) is 27.7 Å². The maximum atomic E-state index is 2.59. The molecule has 0 saturated carbocycles. The molecule has 2 aliphatic heterocycles. The van der Waals surface area contributed by atoms with Crippen molar-refractivity contribution in [2.24, 2.45) is 0 Å². The van der Waals surface area contributed by atoms with Gasteiger partial charge in [-0.25, -0.2) is 0 Å². The molecule has 0 saturated heterocycles. The average molecular weight is 571 g/mol. The summed E-state index contributed by atoms with van der Waals surface area (Å²) in [5, 5.41) is 0. The van der Waals surface area contributed by atoms with Crippen LogP contribution in [-0.4, -0.2) is 11.1 Å². The second kappa shape index (κ2) is 10.6. The highest BCUT2D eigenvalue weighted by molar-refractivity contribution is 5.74. The quantitative estimate of drug-likeness (QED) is 0.241. The van der Waals surface area contributed by atoms with Gasteiger partial charge in [0.05, 0.1) is 0 Å². The summed E-state index contributed by atoms with van der Waals surface area (Å²) in [5.41, 5.74) is 16.5. The molecule has 2 heterocycles. The van der Waals surface area contributed by atoms with Gasteiger partial charge in [0.25, 0.3) is 0 Å². The first-order chi connectivity index (χ1) is 20.2. The molecular formula is C41H50N2. The lowest BCUT2D eigenvalue weighted by Gasteiger charge is -2.48. The molecule has 0 N–H and O–H groups in total. The molecular weight excluding hydrogens is 520 g/mol. The number of hydrogen-bond acceptors (Lipinski definition) is 2. The summed E-state index contributed by atoms with van der Waals surface area (Å²) < 4.78 is 0. The van der Waals surface area contributed by atoms with E-state index >= 15 is 0 Å². The highest BCUT2D eigenvalue weighted by Crippen LogP contribution is 2.49. The lowest BCUT2D eigenvalue weighted by atomic mass is 9.78. The minimum atomic E-state index is 0.0539. The molecule has 224 valence electrons. The zero-order chi connectivity index (χ0) is 30.8. The van der Waals surface area contributed by atoms with Gasteiger partial charge < -0.3 is 9.80 Å². The first-order valence-corrected chi connectivity index (χ1v) is 16.2. The van der Waals surface area contributed by atoms with Crippen LogP contribution in [-0.2, 0) is 6.42 Å². The second-order valence-corrected chi connectivity index (χ2v) is 15.2. The molecule has 0 radical (unpaired) electrons. The molecule has 43 heavy (non-hydrogen) atoms. The van der Waals surface area contributed by atoms with E-state index < -0.39 is 0 Å². The van der Waals surface area contributed by atoms with Crippen LogP contribution in [0.1, 0.15) is 111 Å². The van der Waals surface area contributed by atoms with Crippen molar-refractivity contribution in [2.75, 3.05) is 9.80 Å². The van der Waals surface area contributed by atoms with Crippen LogP contribution in [0.15, 0.2) is 72.8 Å². The van der Waals surface area contributed by atoms with E-state index in [1.807, 2.05) is 0 Å². The predicted molar refractivity (Wildman–Crippen MR) is 186 cm³/mol. The molecule has 4 aromatic carbocycles. The summed E-state index contributed by atoms with van der Waals surface area (Å²) in [6.45, 7) is 23.3. The summed E-state index contributed by atoms with van der Waals surface area (Å²) in [7, 11) is 0. The van der Waals surface area contributed by atoms with Gasteiger partial charge in [-0.3, -0.25) is 0 Å². The third-order valence-corrected chi connectivity index (χ3v) is 9.89. The van der Waals surface area contributed by atoms with Gasteiger partial charge in [0, 0.05) is 33.8 Å². The molecule has 2 unspecified atom stereocenters. The van der Waals surface area contributed by atoms with Crippen molar-refractivity contribution in [3.63, 3.8) is 0 Å². The molecule has 6 rings (SSSR count). The number of benzene rings is 4. The zero-order valence-corrected chi connectivity index (χ0v) is 28.1. The minimum absolute atomic E-state index is 0.0539. The van der Waals surface area contributed by atoms with Crippen molar-refractivity contribution in [1.82, 2.24) is 0 Å². The van der Waals surface area contributed by atoms with E-state index in [2.05, 4.69) is 152 Å². The molecule has 2 aliphatic rings. The Morgan fingerprint density at radius 3 is 1.23 bits per heavy atom. The third-order valence-electron chi connectivity index (χ3n) is 9.89. The fraction of sp³-hybridized carbons (Fsp3) is 0.415. The van der Waals surface area contributed by atoms with Gasteiger partial charge in [-0.15, -0.1) is 0 Å². The van der Waals surface area contributed by atoms with Gasteiger partial charge in [0.15, 0.2) is 0 Å². The molecule has 0 aromatic heterocycles. The van der Waals surface area contributed by atoms with Gasteiger partial charge >= 0.3 is 0 Å². The van der Waals surface area contributed by atoms with Gasteiger partial charge in [0.1, 0.15) is 0 Å². The maximum absolute atomic E-state index is 2.59. The van der Waals surface area contributed by atoms with Gasteiger partial charge in [-0.2, -0.15) is 0 Å². The van der Waals surface area contributed by atoms with E-state index in [9.17, 15) is 0 Å². The van der Waals surface area contributed by atoms with E-state index in [0.717, 1.165) is 19.3 Å². The third kappa shape index (κ3) is 5.50. The predicted octanol–water partition coefficient (Wildman–Crippen LogP) is 11.4. The number of hydrogen-bond donors (Lipinski definition) is 0. The number of aryl methyl sites for hydroxylation is 4. The summed E-state index contributed by atoms with van der Waals surface area (Å²) in [4.78, 5) is 5.19. The van der Waals surface area contributed by atoms with Crippen LogP contribution in [0.3, 0.4) is 0 Å². The van der Waals surface area contributed by atoms with Crippen molar-refractivity contribution in [1.29, 1.82) is 0 Å². The number of anilines is 4. The molecule has 0 bridgehead atoms. The molecule has 0 aliphatic carbocycles. The van der Waals surface area contributed by atoms with Crippen LogP contribution < -0.4 is 9.80 Å². The maximum Gasteiger partial charge on any atom is 0.0451 e. The Morgan fingerprint density at radius 2 is 0.884 bits per heavy atom. The Kier molecular flexibility index (Phi) is 7.27. The minimum Gasteiger partial charge on any atom is -0.336 e. The lowest BCUT2D eigenvalue weighted by Crippen LogP contribution is -2.45. The van der Waals surface area contributed by atoms with E-state index in [-0.39, 0.29) is 11.1 Å². The largest absolute Gasteiger partial charge is 0.336 e. The van der Waals surface area contributed by atoms with E-state index in [0.29, 0.717) is 11.8 Å². The van der Waals surface area contributed by atoms with E-state index in [1.54, 1.807) is 0 Å². The Bertz CT molecular complexity index is 1520. The molecule has 0 spiro atoms. The van der Waals surface area contributed by atoms with Gasteiger partial charge in [0.2, 0.25) is 0 Å². The highest BCUT2D eigenvalue weighted by atomic mass is 15.2. The second-order valence-electron chi connectivity index (χ2n) is 15.2. The van der Waals surface area contributed by atoms with Crippen molar-refractivity contribution in [2.45, 2.75) is 111 Å². The molecule has 0 amide bonds.